The van der Waals surface area contributed by atoms with E-state index in [1.165, 1.54) is 14.9 Å². The van der Waals surface area contributed by atoms with Crippen LogP contribution in [-0.4, -0.2) is 18.6 Å². The van der Waals surface area contributed by atoms with Crippen LogP contribution in [0.1, 0.15) is 23.6 Å². The molecule has 0 atom stereocenters. The lowest BCUT2D eigenvalue weighted by molar-refractivity contribution is 0.148. The lowest BCUT2D eigenvalue weighted by atomic mass is 10.2. The summed E-state index contributed by atoms with van der Waals surface area (Å²) in [5.74, 6) is 0. The average molecular weight is 676 g/mol. The van der Waals surface area contributed by atoms with E-state index in [-0.39, 0.29) is 19.3 Å². The first-order valence-corrected chi connectivity index (χ1v) is 14.1. The van der Waals surface area contributed by atoms with Gasteiger partial charge in [-0.1, -0.05) is 118 Å². The Kier molecular flexibility index (Phi) is 15.0. The van der Waals surface area contributed by atoms with E-state index in [1.54, 1.807) is 7.05 Å². The Morgan fingerprint density at radius 2 is 1.18 bits per heavy atom. The first kappa shape index (κ1) is 32.1. The van der Waals surface area contributed by atoms with Gasteiger partial charge in [-0.05, 0) is 53.4 Å². The van der Waals surface area contributed by atoms with Crippen LogP contribution in [0.2, 0.25) is 0 Å². The van der Waals surface area contributed by atoms with E-state index in [1.807, 2.05) is 91.0 Å². The van der Waals surface area contributed by atoms with E-state index >= 15 is 0 Å². The number of ether oxygens (including phenoxy) is 2. The summed E-state index contributed by atoms with van der Waals surface area (Å²) in [4.78, 5) is 23.6. The van der Waals surface area contributed by atoms with E-state index in [0.717, 1.165) is 27.7 Å². The van der Waals surface area contributed by atoms with Crippen molar-refractivity contribution in [1.82, 2.24) is 0 Å². The first-order chi connectivity index (χ1) is 18.8. The van der Waals surface area contributed by atoms with Crippen molar-refractivity contribution < 1.29 is 19.1 Å². The van der Waals surface area contributed by atoms with Crippen molar-refractivity contribution in [2.45, 2.75) is 26.6 Å². The third-order valence-corrected chi connectivity index (χ3v) is 6.26. The molecule has 0 heterocycles. The van der Waals surface area contributed by atoms with E-state index in [0.29, 0.717) is 0 Å². The molecule has 0 aliphatic heterocycles. The molecule has 0 saturated heterocycles. The summed E-state index contributed by atoms with van der Waals surface area (Å²) in [6, 6.07) is 34.8. The third kappa shape index (κ3) is 13.5. The fourth-order valence-electron chi connectivity index (χ4n) is 3.08. The number of benzene rings is 4. The van der Waals surface area contributed by atoms with Crippen LogP contribution in [0.5, 0.6) is 0 Å². The van der Waals surface area contributed by atoms with Gasteiger partial charge < -0.3 is 9.47 Å². The van der Waals surface area contributed by atoms with E-state index in [2.05, 4.69) is 61.7 Å². The molecule has 0 spiro atoms. The molecule has 4 aromatic carbocycles. The minimum atomic E-state index is -0.770. The Balaban J connectivity index is 0.000000226. The summed E-state index contributed by atoms with van der Waals surface area (Å²) < 4.78 is 11.9. The van der Waals surface area contributed by atoms with Crippen molar-refractivity contribution in [3.8, 4) is 0 Å². The Morgan fingerprint density at radius 3 is 1.64 bits per heavy atom. The molecule has 1 amide bonds. The standard InChI is InChI=1S/C15H14BrNO2.C8H9Br.C8H7ClO2/c1-17(14-9-5-8-13(16)10-14)15(18)19-11-12-6-3-2-4-7-12;1-2-7-4-3-5-8(9)6-7;9-8(10)11-6-7-4-2-1-3-5-7/h2-10H,11H2,1H3;3-6H,2H2,1H3;1-5H,6H2. The second kappa shape index (κ2) is 18.2. The summed E-state index contributed by atoms with van der Waals surface area (Å²) in [6.45, 7) is 2.67. The fourth-order valence-corrected chi connectivity index (χ4v) is 3.97. The maximum atomic E-state index is 11.9. The van der Waals surface area contributed by atoms with Crippen LogP contribution in [0.25, 0.3) is 0 Å². The number of carbonyl (C=O) groups excluding carboxylic acids is 2. The van der Waals surface area contributed by atoms with Gasteiger partial charge in [-0.2, -0.15) is 0 Å². The summed E-state index contributed by atoms with van der Waals surface area (Å²) in [7, 11) is 1.69. The molecule has 4 rings (SSSR count). The Bertz CT molecular complexity index is 1290. The maximum absolute atomic E-state index is 11.9. The molecule has 4 aromatic rings. The van der Waals surface area contributed by atoms with Crippen molar-refractivity contribution in [3.05, 3.63) is 135 Å². The molecule has 0 bridgehead atoms. The van der Waals surface area contributed by atoms with E-state index in [4.69, 9.17) is 16.3 Å². The van der Waals surface area contributed by atoms with Crippen LogP contribution in [0.3, 0.4) is 0 Å². The molecule has 39 heavy (non-hydrogen) atoms. The van der Waals surface area contributed by atoms with Gasteiger partial charge in [-0.3, -0.25) is 4.90 Å². The second-order valence-electron chi connectivity index (χ2n) is 8.07. The highest BCUT2D eigenvalue weighted by Crippen LogP contribution is 2.19. The van der Waals surface area contributed by atoms with Crippen LogP contribution < -0.4 is 4.90 Å². The van der Waals surface area contributed by atoms with Crippen molar-refractivity contribution in [1.29, 1.82) is 0 Å². The van der Waals surface area contributed by atoms with Crippen LogP contribution in [0, 0.1) is 0 Å². The van der Waals surface area contributed by atoms with Crippen LogP contribution >= 0.6 is 43.5 Å². The van der Waals surface area contributed by atoms with Crippen LogP contribution in [0.15, 0.2) is 118 Å². The Morgan fingerprint density at radius 1 is 0.692 bits per heavy atom. The second-order valence-corrected chi connectivity index (χ2v) is 10.2. The molecule has 0 aliphatic rings. The van der Waals surface area contributed by atoms with E-state index in [9.17, 15) is 9.59 Å². The number of rotatable bonds is 6. The highest BCUT2D eigenvalue weighted by Gasteiger charge is 2.12. The van der Waals surface area contributed by atoms with Gasteiger partial charge in [0.05, 0.1) is 0 Å². The number of aryl methyl sites for hydroxylation is 1. The maximum Gasteiger partial charge on any atom is 0.414 e. The zero-order valence-corrected chi connectivity index (χ0v) is 25.7. The topological polar surface area (TPSA) is 55.8 Å². The zero-order chi connectivity index (χ0) is 28.5. The molecule has 0 saturated carbocycles. The SMILES string of the molecule is CCc1cccc(Br)c1.CN(C(=O)OCc1ccccc1)c1cccc(Br)c1.O=C(Cl)OCc1ccccc1. The van der Waals surface area contributed by atoms with Crippen molar-refractivity contribution in [2.24, 2.45) is 0 Å². The number of halogens is 3. The highest BCUT2D eigenvalue weighted by molar-refractivity contribution is 9.10. The first-order valence-electron chi connectivity index (χ1n) is 12.1. The largest absolute Gasteiger partial charge is 0.449 e. The molecule has 0 unspecified atom stereocenters. The predicted octanol–water partition coefficient (Wildman–Crippen LogP) is 9.80. The summed E-state index contributed by atoms with van der Waals surface area (Å²) in [6.07, 6.45) is 0.737. The van der Waals surface area contributed by atoms with Crippen LogP contribution in [0.4, 0.5) is 15.3 Å². The molecule has 8 heteroatoms. The number of hydrogen-bond acceptors (Lipinski definition) is 4. The quantitative estimate of drug-likeness (QED) is 0.191. The molecule has 0 aromatic heterocycles. The number of hydrogen-bond donors (Lipinski definition) is 0. The number of amides is 1. The Hall–Kier alpha value is -3.13. The third-order valence-electron chi connectivity index (χ3n) is 5.17. The molecule has 0 N–H and O–H groups in total. The van der Waals surface area contributed by atoms with Crippen molar-refractivity contribution in [2.75, 3.05) is 11.9 Å². The van der Waals surface area contributed by atoms with Gasteiger partial charge >= 0.3 is 11.5 Å². The smallest absolute Gasteiger partial charge is 0.414 e. The fraction of sp³-hybridized carbons (Fsp3) is 0.161. The molecule has 0 fully saturated rings. The summed E-state index contributed by atoms with van der Waals surface area (Å²) in [5.41, 5.74) is 3.30. The monoisotopic (exact) mass is 673 g/mol. The zero-order valence-electron chi connectivity index (χ0n) is 21.7. The van der Waals surface area contributed by atoms with Gasteiger partial charge in [-0.15, -0.1) is 0 Å². The molecule has 0 radical (unpaired) electrons. The van der Waals surface area contributed by atoms with Gasteiger partial charge in [0.1, 0.15) is 13.2 Å². The number of carbonyl (C=O) groups is 2. The molecule has 204 valence electrons. The minimum absolute atomic E-state index is 0.239. The lowest BCUT2D eigenvalue weighted by Gasteiger charge is -2.17. The molecule has 5 nitrogen and oxygen atoms in total. The minimum Gasteiger partial charge on any atom is -0.449 e. The summed E-state index contributed by atoms with van der Waals surface area (Å²) in [5, 5.41) is 0. The van der Waals surface area contributed by atoms with Crippen molar-refractivity contribution in [3.63, 3.8) is 0 Å². The van der Waals surface area contributed by atoms with E-state index < -0.39 is 5.43 Å². The highest BCUT2D eigenvalue weighted by atomic mass is 79.9. The summed E-state index contributed by atoms with van der Waals surface area (Å²) >= 11 is 11.7. The normalized spacial score (nSPS) is 9.67. The molecular weight excluding hydrogens is 646 g/mol. The Labute approximate surface area is 252 Å². The van der Waals surface area contributed by atoms with Crippen LogP contribution in [-0.2, 0) is 29.1 Å². The van der Waals surface area contributed by atoms with Gasteiger partial charge in [0.2, 0.25) is 0 Å². The number of nitrogens with zero attached hydrogens (tertiary/aromatic N) is 1. The van der Waals surface area contributed by atoms with Gasteiger partial charge in [-0.25, -0.2) is 9.59 Å². The van der Waals surface area contributed by atoms with Gasteiger partial charge in [0.25, 0.3) is 0 Å². The molecular formula is C31H30Br2ClNO4. The average Bonchev–Trinajstić information content (AvgIpc) is 2.96. The molecule has 0 aliphatic carbocycles. The lowest BCUT2D eigenvalue weighted by Crippen LogP contribution is -2.26. The predicted molar refractivity (Wildman–Crippen MR) is 165 cm³/mol. The number of anilines is 1. The van der Waals surface area contributed by atoms with Gasteiger partial charge in [0, 0.05) is 33.3 Å². The van der Waals surface area contributed by atoms with Gasteiger partial charge in [0.15, 0.2) is 0 Å². The van der Waals surface area contributed by atoms with Crippen molar-refractivity contribution >= 4 is 60.7 Å².